The molecule has 1 atom stereocenters. The molecule has 3 nitrogen and oxygen atoms in total. The summed E-state index contributed by atoms with van der Waals surface area (Å²) in [6.45, 7) is 4.53. The number of morpholine rings is 1. The van der Waals surface area contributed by atoms with Crippen molar-refractivity contribution in [3.05, 3.63) is 33.3 Å². The van der Waals surface area contributed by atoms with E-state index in [1.54, 1.807) is 0 Å². The van der Waals surface area contributed by atoms with Gasteiger partial charge in [0.1, 0.15) is 0 Å². The van der Waals surface area contributed by atoms with Gasteiger partial charge in [0, 0.05) is 35.7 Å². The van der Waals surface area contributed by atoms with E-state index in [4.69, 9.17) is 16.3 Å². The molecule has 5 heteroatoms. The first kappa shape index (κ1) is 14.3. The molecular weight excluding hydrogens is 316 g/mol. The summed E-state index contributed by atoms with van der Waals surface area (Å²) in [6.07, 6.45) is 0.287. The summed E-state index contributed by atoms with van der Waals surface area (Å²) in [6, 6.07) is 5.92. The highest BCUT2D eigenvalue weighted by molar-refractivity contribution is 9.10. The maximum Gasteiger partial charge on any atom is 0.0826 e. The minimum atomic E-state index is 0.287. The van der Waals surface area contributed by atoms with Gasteiger partial charge in [-0.25, -0.2) is 0 Å². The fourth-order valence-corrected chi connectivity index (χ4v) is 2.90. The van der Waals surface area contributed by atoms with Crippen molar-refractivity contribution in [3.8, 4) is 0 Å². The third kappa shape index (κ3) is 4.21. The fourth-order valence-electron chi connectivity index (χ4n) is 2.09. The molecule has 0 spiro atoms. The molecule has 0 amide bonds. The average molecular weight is 334 g/mol. The molecule has 0 aliphatic carbocycles. The summed E-state index contributed by atoms with van der Waals surface area (Å²) < 4.78 is 6.76. The van der Waals surface area contributed by atoms with Crippen LogP contribution >= 0.6 is 27.5 Å². The number of ether oxygens (including phenoxy) is 1. The van der Waals surface area contributed by atoms with Crippen molar-refractivity contribution in [1.82, 2.24) is 10.2 Å². The zero-order valence-electron chi connectivity index (χ0n) is 10.5. The number of likely N-dealkylation sites (N-methyl/N-ethyl adjacent to an activating group) is 1. The highest BCUT2D eigenvalue weighted by Gasteiger charge is 2.16. The van der Waals surface area contributed by atoms with E-state index in [1.807, 2.05) is 12.1 Å². The van der Waals surface area contributed by atoms with Crippen LogP contribution in [0.4, 0.5) is 0 Å². The second-order valence-corrected chi connectivity index (χ2v) is 5.92. The Labute approximate surface area is 122 Å². The first-order valence-corrected chi connectivity index (χ1v) is 7.27. The van der Waals surface area contributed by atoms with Crippen molar-refractivity contribution in [2.24, 2.45) is 0 Å². The van der Waals surface area contributed by atoms with Gasteiger partial charge in [0.05, 0.1) is 12.7 Å². The number of halogens is 2. The second-order valence-electron chi connectivity index (χ2n) is 4.63. The van der Waals surface area contributed by atoms with Crippen LogP contribution in [0.25, 0.3) is 0 Å². The van der Waals surface area contributed by atoms with Crippen molar-refractivity contribution in [2.75, 3.05) is 33.3 Å². The molecule has 1 unspecified atom stereocenters. The maximum absolute atomic E-state index is 5.94. The molecular formula is C13H18BrClN2O. The number of nitrogens with one attached hydrogen (secondary N) is 1. The van der Waals surface area contributed by atoms with Crippen LogP contribution in [0.15, 0.2) is 22.7 Å². The molecule has 1 aromatic carbocycles. The van der Waals surface area contributed by atoms with Crippen LogP contribution in [0.3, 0.4) is 0 Å². The third-order valence-electron chi connectivity index (χ3n) is 2.98. The standard InChI is InChI=1S/C13H18BrClN2O/c1-17(9-12-7-16-4-5-18-12)8-10-2-3-11(15)6-13(10)14/h2-3,6,12,16H,4-5,7-9H2,1H3. The molecule has 1 fully saturated rings. The van der Waals surface area contributed by atoms with E-state index < -0.39 is 0 Å². The SMILES string of the molecule is CN(Cc1ccc(Cl)cc1Br)CC1CNCCO1. The molecule has 1 N–H and O–H groups in total. The van der Waals surface area contributed by atoms with Gasteiger partial charge >= 0.3 is 0 Å². The van der Waals surface area contributed by atoms with Gasteiger partial charge in [-0.1, -0.05) is 33.6 Å². The van der Waals surface area contributed by atoms with Gasteiger partial charge in [0.2, 0.25) is 0 Å². The lowest BCUT2D eigenvalue weighted by Crippen LogP contribution is -2.44. The van der Waals surface area contributed by atoms with Gasteiger partial charge in [0.15, 0.2) is 0 Å². The van der Waals surface area contributed by atoms with Gasteiger partial charge in [-0.05, 0) is 24.7 Å². The summed E-state index contributed by atoms with van der Waals surface area (Å²) in [5.41, 5.74) is 1.24. The van der Waals surface area contributed by atoms with Crippen molar-refractivity contribution in [1.29, 1.82) is 0 Å². The summed E-state index contributed by atoms with van der Waals surface area (Å²) in [7, 11) is 2.11. The van der Waals surface area contributed by atoms with Crippen molar-refractivity contribution >= 4 is 27.5 Å². The smallest absolute Gasteiger partial charge is 0.0826 e. The number of benzene rings is 1. The molecule has 0 saturated carbocycles. The van der Waals surface area contributed by atoms with Crippen LogP contribution in [0, 0.1) is 0 Å². The van der Waals surface area contributed by atoms with Gasteiger partial charge in [0.25, 0.3) is 0 Å². The molecule has 0 radical (unpaired) electrons. The minimum absolute atomic E-state index is 0.287. The largest absolute Gasteiger partial charge is 0.374 e. The lowest BCUT2D eigenvalue weighted by atomic mass is 10.2. The maximum atomic E-state index is 5.94. The summed E-state index contributed by atoms with van der Waals surface area (Å²) in [5, 5.41) is 4.10. The second kappa shape index (κ2) is 6.87. The number of rotatable bonds is 4. The van der Waals surface area contributed by atoms with Gasteiger partial charge < -0.3 is 10.1 Å². The molecule has 100 valence electrons. The minimum Gasteiger partial charge on any atom is -0.374 e. The van der Waals surface area contributed by atoms with Crippen LogP contribution in [-0.4, -0.2) is 44.3 Å². The van der Waals surface area contributed by atoms with E-state index in [-0.39, 0.29) is 6.10 Å². The molecule has 1 aliphatic heterocycles. The highest BCUT2D eigenvalue weighted by Crippen LogP contribution is 2.22. The topological polar surface area (TPSA) is 24.5 Å². The van der Waals surface area contributed by atoms with Gasteiger partial charge in [-0.3, -0.25) is 4.90 Å². The zero-order chi connectivity index (χ0) is 13.0. The van der Waals surface area contributed by atoms with Crippen LogP contribution in [0.2, 0.25) is 5.02 Å². The molecule has 1 aliphatic rings. The van der Waals surface area contributed by atoms with Crippen molar-refractivity contribution in [2.45, 2.75) is 12.6 Å². The first-order chi connectivity index (χ1) is 8.65. The normalized spacial score (nSPS) is 20.3. The number of nitrogens with zero attached hydrogens (tertiary/aromatic N) is 1. The van der Waals surface area contributed by atoms with E-state index >= 15 is 0 Å². The Hall–Kier alpha value is -0.130. The van der Waals surface area contributed by atoms with Crippen molar-refractivity contribution < 1.29 is 4.74 Å². The number of hydrogen-bond acceptors (Lipinski definition) is 3. The predicted octanol–water partition coefficient (Wildman–Crippen LogP) is 2.52. The molecule has 2 rings (SSSR count). The van der Waals surface area contributed by atoms with Crippen LogP contribution in [0.5, 0.6) is 0 Å². The van der Waals surface area contributed by atoms with E-state index in [0.717, 1.165) is 42.3 Å². The summed E-state index contributed by atoms with van der Waals surface area (Å²) >= 11 is 9.48. The monoisotopic (exact) mass is 332 g/mol. The Kier molecular flexibility index (Phi) is 5.45. The lowest BCUT2D eigenvalue weighted by molar-refractivity contribution is 0.00882. The Morgan fingerprint density at radius 3 is 3.06 bits per heavy atom. The molecule has 1 heterocycles. The Morgan fingerprint density at radius 1 is 1.56 bits per heavy atom. The quantitative estimate of drug-likeness (QED) is 0.916. The van der Waals surface area contributed by atoms with E-state index in [0.29, 0.717) is 0 Å². The zero-order valence-corrected chi connectivity index (χ0v) is 12.8. The Morgan fingerprint density at radius 2 is 2.39 bits per heavy atom. The third-order valence-corrected chi connectivity index (χ3v) is 3.95. The van der Waals surface area contributed by atoms with E-state index in [9.17, 15) is 0 Å². The molecule has 0 aromatic heterocycles. The first-order valence-electron chi connectivity index (χ1n) is 6.10. The fraction of sp³-hybridized carbons (Fsp3) is 0.538. The molecule has 0 bridgehead atoms. The highest BCUT2D eigenvalue weighted by atomic mass is 79.9. The summed E-state index contributed by atoms with van der Waals surface area (Å²) in [5.74, 6) is 0. The Bertz CT molecular complexity index is 397. The molecule has 1 saturated heterocycles. The molecule has 1 aromatic rings. The average Bonchev–Trinajstić information content (AvgIpc) is 2.34. The Balaban J connectivity index is 1.87. The van der Waals surface area contributed by atoms with Crippen LogP contribution in [0.1, 0.15) is 5.56 Å². The number of hydrogen-bond donors (Lipinski definition) is 1. The summed E-state index contributed by atoms with van der Waals surface area (Å²) in [4.78, 5) is 2.27. The molecule has 18 heavy (non-hydrogen) atoms. The van der Waals surface area contributed by atoms with E-state index in [2.05, 4.69) is 39.3 Å². The van der Waals surface area contributed by atoms with Gasteiger partial charge in [-0.15, -0.1) is 0 Å². The van der Waals surface area contributed by atoms with E-state index in [1.165, 1.54) is 5.56 Å². The van der Waals surface area contributed by atoms with Crippen LogP contribution in [-0.2, 0) is 11.3 Å². The van der Waals surface area contributed by atoms with Crippen LogP contribution < -0.4 is 5.32 Å². The van der Waals surface area contributed by atoms with Gasteiger partial charge in [-0.2, -0.15) is 0 Å². The lowest BCUT2D eigenvalue weighted by Gasteiger charge is -2.28. The predicted molar refractivity (Wildman–Crippen MR) is 78.1 cm³/mol. The van der Waals surface area contributed by atoms with Crippen molar-refractivity contribution in [3.63, 3.8) is 0 Å².